The molecule has 1 amide bonds. The number of nitrogens with one attached hydrogen (secondary N) is 1. The third-order valence-electron chi connectivity index (χ3n) is 1.89. The first-order chi connectivity index (χ1) is 7.56. The van der Waals surface area contributed by atoms with Crippen molar-refractivity contribution in [1.82, 2.24) is 0 Å². The molecule has 0 heterocycles. The fourth-order valence-electron chi connectivity index (χ4n) is 1.09. The quantitative estimate of drug-likeness (QED) is 0.885. The van der Waals surface area contributed by atoms with Gasteiger partial charge in [0, 0.05) is 13.0 Å². The molecule has 0 atom stereocenters. The Labute approximate surface area is 100 Å². The Hall–Kier alpha value is -1.61. The predicted molar refractivity (Wildman–Crippen MR) is 61.1 cm³/mol. The molecule has 0 aliphatic carbocycles. The molecule has 0 fully saturated rings. The zero-order valence-corrected chi connectivity index (χ0v) is 9.84. The van der Waals surface area contributed by atoms with Gasteiger partial charge in [0.25, 0.3) is 0 Å². The Morgan fingerprint density at radius 2 is 2.31 bits per heavy atom. The predicted octanol–water partition coefficient (Wildman–Crippen LogP) is 1.75. The SMILES string of the molecule is N#Cc1ccc(NCCC(N)=O)c(F)c1Br. The number of anilines is 1. The minimum Gasteiger partial charge on any atom is -0.382 e. The molecule has 0 saturated heterocycles. The molecule has 3 N–H and O–H groups in total. The van der Waals surface area contributed by atoms with Crippen LogP contribution in [0.25, 0.3) is 0 Å². The lowest BCUT2D eigenvalue weighted by Gasteiger charge is -2.08. The van der Waals surface area contributed by atoms with Gasteiger partial charge < -0.3 is 11.1 Å². The molecule has 0 bridgehead atoms. The van der Waals surface area contributed by atoms with Crippen LogP contribution in [0.5, 0.6) is 0 Å². The van der Waals surface area contributed by atoms with Crippen LogP contribution < -0.4 is 11.1 Å². The summed E-state index contributed by atoms with van der Waals surface area (Å²) >= 11 is 2.98. The molecule has 1 rings (SSSR count). The first-order valence-electron chi connectivity index (χ1n) is 4.46. The van der Waals surface area contributed by atoms with Crippen LogP contribution in [-0.4, -0.2) is 12.5 Å². The van der Waals surface area contributed by atoms with E-state index in [1.54, 1.807) is 0 Å². The number of primary amides is 1. The monoisotopic (exact) mass is 285 g/mol. The summed E-state index contributed by atoms with van der Waals surface area (Å²) in [5, 5.41) is 11.4. The van der Waals surface area contributed by atoms with Gasteiger partial charge in [-0.05, 0) is 28.1 Å². The number of nitrogens with two attached hydrogens (primary N) is 1. The minimum absolute atomic E-state index is 0.110. The smallest absolute Gasteiger partial charge is 0.219 e. The van der Waals surface area contributed by atoms with Crippen molar-refractivity contribution >= 4 is 27.5 Å². The maximum Gasteiger partial charge on any atom is 0.219 e. The van der Waals surface area contributed by atoms with Crippen molar-refractivity contribution in [2.45, 2.75) is 6.42 Å². The topological polar surface area (TPSA) is 78.9 Å². The van der Waals surface area contributed by atoms with Gasteiger partial charge in [-0.3, -0.25) is 4.79 Å². The minimum atomic E-state index is -0.552. The first-order valence-corrected chi connectivity index (χ1v) is 5.26. The third kappa shape index (κ3) is 2.94. The number of hydrogen-bond donors (Lipinski definition) is 2. The number of rotatable bonds is 4. The Kier molecular flexibility index (Phi) is 4.26. The van der Waals surface area contributed by atoms with Crippen LogP contribution in [0, 0.1) is 17.1 Å². The largest absolute Gasteiger partial charge is 0.382 e. The van der Waals surface area contributed by atoms with Crippen LogP contribution in [0.1, 0.15) is 12.0 Å². The maximum atomic E-state index is 13.6. The van der Waals surface area contributed by atoms with Crippen LogP contribution in [0.15, 0.2) is 16.6 Å². The summed E-state index contributed by atoms with van der Waals surface area (Å²) < 4.78 is 13.7. The standard InChI is InChI=1S/C10H9BrFN3O/c11-9-6(5-13)1-2-7(10(9)12)15-4-3-8(14)16/h1-2,15H,3-4H2,(H2,14,16). The van der Waals surface area contributed by atoms with Crippen molar-refractivity contribution < 1.29 is 9.18 Å². The second kappa shape index (κ2) is 5.47. The fourth-order valence-corrected chi connectivity index (χ4v) is 1.53. The molecule has 0 aliphatic rings. The number of nitriles is 1. The van der Waals surface area contributed by atoms with Gasteiger partial charge in [0.2, 0.25) is 5.91 Å². The Balaban J connectivity index is 2.79. The third-order valence-corrected chi connectivity index (χ3v) is 2.66. The lowest BCUT2D eigenvalue weighted by atomic mass is 10.2. The van der Waals surface area contributed by atoms with Gasteiger partial charge in [-0.25, -0.2) is 4.39 Å². The molecule has 16 heavy (non-hydrogen) atoms. The molecule has 4 nitrogen and oxygen atoms in total. The molecule has 0 aromatic heterocycles. The van der Waals surface area contributed by atoms with E-state index in [9.17, 15) is 9.18 Å². The summed E-state index contributed by atoms with van der Waals surface area (Å²) in [5.41, 5.74) is 5.39. The van der Waals surface area contributed by atoms with Crippen molar-refractivity contribution in [3.8, 4) is 6.07 Å². The highest BCUT2D eigenvalue weighted by atomic mass is 79.9. The lowest BCUT2D eigenvalue weighted by Crippen LogP contribution is -2.16. The number of hydrogen-bond acceptors (Lipinski definition) is 3. The zero-order chi connectivity index (χ0) is 12.1. The molecular weight excluding hydrogens is 277 g/mol. The number of amides is 1. The van der Waals surface area contributed by atoms with Crippen LogP contribution in [0.3, 0.4) is 0 Å². The molecule has 84 valence electrons. The average Bonchev–Trinajstić information content (AvgIpc) is 2.24. The second-order valence-corrected chi connectivity index (χ2v) is 3.84. The molecule has 1 aromatic rings. The number of carbonyl (C=O) groups excluding carboxylic acids is 1. The van der Waals surface area contributed by atoms with Gasteiger partial charge in [0.1, 0.15) is 6.07 Å². The van der Waals surface area contributed by atoms with E-state index in [0.717, 1.165) is 0 Å². The molecule has 0 saturated carbocycles. The molecule has 0 unspecified atom stereocenters. The van der Waals surface area contributed by atoms with E-state index in [4.69, 9.17) is 11.0 Å². The number of nitrogens with zero attached hydrogens (tertiary/aromatic N) is 1. The average molecular weight is 286 g/mol. The number of benzene rings is 1. The van der Waals surface area contributed by atoms with Crippen molar-refractivity contribution in [1.29, 1.82) is 5.26 Å². The van der Waals surface area contributed by atoms with E-state index in [1.165, 1.54) is 12.1 Å². The summed E-state index contributed by atoms with van der Waals surface area (Å²) in [6.07, 6.45) is 0.122. The Bertz CT molecular complexity index is 456. The normalized spacial score (nSPS) is 9.56. The Morgan fingerprint density at radius 1 is 1.62 bits per heavy atom. The van der Waals surface area contributed by atoms with Crippen molar-refractivity contribution in [2.24, 2.45) is 5.73 Å². The lowest BCUT2D eigenvalue weighted by molar-refractivity contribution is -0.117. The molecule has 0 radical (unpaired) electrons. The van der Waals surface area contributed by atoms with Gasteiger partial charge >= 0.3 is 0 Å². The van der Waals surface area contributed by atoms with E-state index < -0.39 is 11.7 Å². The van der Waals surface area contributed by atoms with Crippen molar-refractivity contribution in [2.75, 3.05) is 11.9 Å². The maximum absolute atomic E-state index is 13.6. The molecule has 6 heteroatoms. The summed E-state index contributed by atoms with van der Waals surface area (Å²) in [6.45, 7) is 0.255. The zero-order valence-electron chi connectivity index (χ0n) is 8.26. The molecule has 0 aliphatic heterocycles. The van der Waals surface area contributed by atoms with Gasteiger partial charge in [-0.15, -0.1) is 0 Å². The highest BCUT2D eigenvalue weighted by molar-refractivity contribution is 9.10. The van der Waals surface area contributed by atoms with Gasteiger partial charge in [-0.1, -0.05) is 0 Å². The molecule has 1 aromatic carbocycles. The van der Waals surface area contributed by atoms with Crippen LogP contribution in [0.2, 0.25) is 0 Å². The summed E-state index contributed by atoms with van der Waals surface area (Å²) in [5.74, 6) is -1.01. The van der Waals surface area contributed by atoms with Crippen molar-refractivity contribution in [3.63, 3.8) is 0 Å². The number of carbonyl (C=O) groups is 1. The van der Waals surface area contributed by atoms with E-state index in [2.05, 4.69) is 21.2 Å². The van der Waals surface area contributed by atoms with Crippen LogP contribution >= 0.6 is 15.9 Å². The van der Waals surface area contributed by atoms with Gasteiger partial charge in [-0.2, -0.15) is 5.26 Å². The summed E-state index contributed by atoms with van der Waals surface area (Å²) in [7, 11) is 0. The van der Waals surface area contributed by atoms with Crippen LogP contribution in [0.4, 0.5) is 10.1 Å². The van der Waals surface area contributed by atoms with Gasteiger partial charge in [0.05, 0.1) is 15.7 Å². The Morgan fingerprint density at radius 3 is 2.88 bits per heavy atom. The summed E-state index contributed by atoms with van der Waals surface area (Å²) in [4.78, 5) is 10.5. The van der Waals surface area contributed by atoms with Gasteiger partial charge in [0.15, 0.2) is 5.82 Å². The van der Waals surface area contributed by atoms with E-state index >= 15 is 0 Å². The molecular formula is C10H9BrFN3O. The first kappa shape index (κ1) is 12.5. The number of halogens is 2. The van der Waals surface area contributed by atoms with E-state index in [-0.39, 0.29) is 28.7 Å². The molecule has 0 spiro atoms. The van der Waals surface area contributed by atoms with E-state index in [1.807, 2.05) is 6.07 Å². The highest BCUT2D eigenvalue weighted by Gasteiger charge is 2.10. The van der Waals surface area contributed by atoms with E-state index in [0.29, 0.717) is 0 Å². The highest BCUT2D eigenvalue weighted by Crippen LogP contribution is 2.26. The summed E-state index contributed by atoms with van der Waals surface area (Å²) in [6, 6.07) is 4.78. The fraction of sp³-hybridized carbons (Fsp3) is 0.200. The van der Waals surface area contributed by atoms with Crippen LogP contribution in [-0.2, 0) is 4.79 Å². The second-order valence-electron chi connectivity index (χ2n) is 3.04. The van der Waals surface area contributed by atoms with Crippen molar-refractivity contribution in [3.05, 3.63) is 28.0 Å².